The molecule has 1 saturated carbocycles. The van der Waals surface area contributed by atoms with Gasteiger partial charge in [-0.15, -0.1) is 0 Å². The Morgan fingerprint density at radius 1 is 1.14 bits per heavy atom. The molecule has 0 unspecified atom stereocenters. The van der Waals surface area contributed by atoms with Gasteiger partial charge in [0.25, 0.3) is 0 Å². The van der Waals surface area contributed by atoms with Crippen molar-refractivity contribution in [2.24, 2.45) is 0 Å². The zero-order chi connectivity index (χ0) is 15.9. The molecule has 4 N–H and O–H groups in total. The first-order valence-corrected chi connectivity index (χ1v) is 7.31. The maximum absolute atomic E-state index is 12.1. The molecule has 1 aliphatic rings. The number of carbonyl (C=O) groups excluding carboxylic acids is 1. The predicted molar refractivity (Wildman–Crippen MR) is 75.9 cm³/mol. The van der Waals surface area contributed by atoms with Crippen LogP contribution in [0.5, 0.6) is 0 Å². The van der Waals surface area contributed by atoms with E-state index >= 15 is 0 Å². The SMILES string of the molecule is CNC1(CC(=O)N[C@@H](CCC(=O)O)C(=O)O)CCCCC1. The summed E-state index contributed by atoms with van der Waals surface area (Å²) in [7, 11) is 1.82. The number of carboxylic acids is 2. The van der Waals surface area contributed by atoms with Gasteiger partial charge in [-0.25, -0.2) is 4.79 Å². The second kappa shape index (κ2) is 7.97. The van der Waals surface area contributed by atoms with Crippen molar-refractivity contribution in [3.63, 3.8) is 0 Å². The number of carboxylic acid groups (broad SMARTS) is 2. The summed E-state index contributed by atoms with van der Waals surface area (Å²) in [4.78, 5) is 33.6. The number of aliphatic carboxylic acids is 2. The summed E-state index contributed by atoms with van der Waals surface area (Å²) in [5, 5.41) is 23.3. The molecule has 1 atom stereocenters. The van der Waals surface area contributed by atoms with Crippen LogP contribution in [0.2, 0.25) is 0 Å². The van der Waals surface area contributed by atoms with Crippen LogP contribution in [-0.4, -0.2) is 46.7 Å². The molecule has 1 aliphatic carbocycles. The Hall–Kier alpha value is -1.63. The lowest BCUT2D eigenvalue weighted by atomic mass is 9.79. The van der Waals surface area contributed by atoms with Gasteiger partial charge in [0.2, 0.25) is 5.91 Å². The van der Waals surface area contributed by atoms with Gasteiger partial charge >= 0.3 is 11.9 Å². The van der Waals surface area contributed by atoms with Crippen LogP contribution in [0.3, 0.4) is 0 Å². The molecule has 7 nitrogen and oxygen atoms in total. The molecular formula is C14H24N2O5. The maximum Gasteiger partial charge on any atom is 0.326 e. The first-order chi connectivity index (χ1) is 9.88. The first-order valence-electron chi connectivity index (χ1n) is 7.31. The third-order valence-corrected chi connectivity index (χ3v) is 4.12. The van der Waals surface area contributed by atoms with Crippen LogP contribution < -0.4 is 10.6 Å². The Morgan fingerprint density at radius 3 is 2.24 bits per heavy atom. The monoisotopic (exact) mass is 300 g/mol. The Labute approximate surface area is 124 Å². The average Bonchev–Trinajstić information content (AvgIpc) is 2.43. The van der Waals surface area contributed by atoms with Crippen molar-refractivity contribution < 1.29 is 24.6 Å². The zero-order valence-electron chi connectivity index (χ0n) is 12.4. The zero-order valence-corrected chi connectivity index (χ0v) is 12.4. The van der Waals surface area contributed by atoms with Crippen LogP contribution in [0, 0.1) is 0 Å². The van der Waals surface area contributed by atoms with Gasteiger partial charge in [0, 0.05) is 18.4 Å². The van der Waals surface area contributed by atoms with E-state index in [1.165, 1.54) is 0 Å². The summed E-state index contributed by atoms with van der Waals surface area (Å²) < 4.78 is 0. The van der Waals surface area contributed by atoms with E-state index in [0.29, 0.717) is 0 Å². The topological polar surface area (TPSA) is 116 Å². The number of carbonyl (C=O) groups is 3. The molecule has 1 rings (SSSR count). The molecule has 0 aromatic carbocycles. The van der Waals surface area contributed by atoms with E-state index in [1.807, 2.05) is 7.05 Å². The Balaban J connectivity index is 2.56. The summed E-state index contributed by atoms with van der Waals surface area (Å²) in [6, 6.07) is -1.15. The van der Waals surface area contributed by atoms with Gasteiger partial charge in [-0.1, -0.05) is 19.3 Å². The van der Waals surface area contributed by atoms with Crippen LogP contribution in [0.25, 0.3) is 0 Å². The quantitative estimate of drug-likeness (QED) is 0.525. The van der Waals surface area contributed by atoms with Crippen LogP contribution in [0.4, 0.5) is 0 Å². The number of hydrogen-bond donors (Lipinski definition) is 4. The van der Waals surface area contributed by atoms with Gasteiger partial charge in [0.05, 0.1) is 0 Å². The van der Waals surface area contributed by atoms with Crippen molar-refractivity contribution in [3.05, 3.63) is 0 Å². The lowest BCUT2D eigenvalue weighted by Crippen LogP contribution is -2.50. The van der Waals surface area contributed by atoms with Gasteiger partial charge in [-0.05, 0) is 26.3 Å². The molecular weight excluding hydrogens is 276 g/mol. The van der Waals surface area contributed by atoms with Crippen molar-refractivity contribution >= 4 is 17.8 Å². The minimum atomic E-state index is -1.20. The van der Waals surface area contributed by atoms with Crippen molar-refractivity contribution in [3.8, 4) is 0 Å². The van der Waals surface area contributed by atoms with Gasteiger partial charge in [0.1, 0.15) is 6.04 Å². The van der Waals surface area contributed by atoms with Crippen LogP contribution in [0.1, 0.15) is 51.4 Å². The van der Waals surface area contributed by atoms with Crippen LogP contribution in [0.15, 0.2) is 0 Å². The summed E-state index contributed by atoms with van der Waals surface area (Å²) in [5.41, 5.74) is -0.266. The molecule has 0 radical (unpaired) electrons. The van der Waals surface area contributed by atoms with Crippen LogP contribution >= 0.6 is 0 Å². The second-order valence-corrected chi connectivity index (χ2v) is 5.66. The van der Waals surface area contributed by atoms with Crippen molar-refractivity contribution in [1.29, 1.82) is 0 Å². The van der Waals surface area contributed by atoms with Crippen molar-refractivity contribution in [2.45, 2.75) is 62.9 Å². The van der Waals surface area contributed by atoms with Gasteiger partial charge in [0.15, 0.2) is 0 Å². The van der Waals surface area contributed by atoms with Crippen LogP contribution in [-0.2, 0) is 14.4 Å². The van der Waals surface area contributed by atoms with E-state index < -0.39 is 18.0 Å². The number of nitrogens with one attached hydrogen (secondary N) is 2. The number of rotatable bonds is 8. The second-order valence-electron chi connectivity index (χ2n) is 5.66. The normalized spacial score (nSPS) is 18.7. The summed E-state index contributed by atoms with van der Waals surface area (Å²) in [6.07, 6.45) is 4.87. The van der Waals surface area contributed by atoms with Crippen molar-refractivity contribution in [1.82, 2.24) is 10.6 Å². The van der Waals surface area contributed by atoms with E-state index in [-0.39, 0.29) is 30.7 Å². The molecule has 0 spiro atoms. The Morgan fingerprint density at radius 2 is 1.76 bits per heavy atom. The molecule has 0 bridgehead atoms. The van der Waals surface area contributed by atoms with E-state index in [9.17, 15) is 14.4 Å². The molecule has 1 fully saturated rings. The maximum atomic E-state index is 12.1. The highest BCUT2D eigenvalue weighted by atomic mass is 16.4. The number of hydrogen-bond acceptors (Lipinski definition) is 4. The van der Waals surface area contributed by atoms with Gasteiger partial charge in [-0.2, -0.15) is 0 Å². The van der Waals surface area contributed by atoms with E-state index in [0.717, 1.165) is 32.1 Å². The molecule has 0 heterocycles. The fourth-order valence-corrected chi connectivity index (χ4v) is 2.82. The predicted octanol–water partition coefficient (Wildman–Crippen LogP) is 0.733. The third kappa shape index (κ3) is 5.71. The lowest BCUT2D eigenvalue weighted by Gasteiger charge is -2.36. The van der Waals surface area contributed by atoms with E-state index in [2.05, 4.69) is 10.6 Å². The standard InChI is InChI=1S/C14H24N2O5/c1-15-14(7-3-2-4-8-14)9-11(17)16-10(13(20)21)5-6-12(18)19/h10,15H,2-9H2,1H3,(H,16,17)(H,18,19)(H,20,21)/t10-/m0/s1. The molecule has 0 saturated heterocycles. The first kappa shape index (κ1) is 17.4. The Bertz CT molecular complexity index is 391. The fourth-order valence-electron chi connectivity index (χ4n) is 2.82. The third-order valence-electron chi connectivity index (χ3n) is 4.12. The largest absolute Gasteiger partial charge is 0.481 e. The van der Waals surface area contributed by atoms with Crippen molar-refractivity contribution in [2.75, 3.05) is 7.05 Å². The van der Waals surface area contributed by atoms with Gasteiger partial charge in [-0.3, -0.25) is 9.59 Å². The highest BCUT2D eigenvalue weighted by Gasteiger charge is 2.33. The highest BCUT2D eigenvalue weighted by Crippen LogP contribution is 2.30. The summed E-state index contributed by atoms with van der Waals surface area (Å²) >= 11 is 0. The minimum Gasteiger partial charge on any atom is -0.481 e. The Kier molecular flexibility index (Phi) is 6.61. The minimum absolute atomic E-state index is 0.108. The summed E-state index contributed by atoms with van der Waals surface area (Å²) in [6.45, 7) is 0. The molecule has 120 valence electrons. The molecule has 0 aliphatic heterocycles. The molecule has 21 heavy (non-hydrogen) atoms. The molecule has 1 amide bonds. The fraction of sp³-hybridized carbons (Fsp3) is 0.786. The van der Waals surface area contributed by atoms with E-state index in [1.54, 1.807) is 0 Å². The molecule has 7 heteroatoms. The van der Waals surface area contributed by atoms with E-state index in [4.69, 9.17) is 10.2 Å². The highest BCUT2D eigenvalue weighted by molar-refractivity contribution is 5.84. The molecule has 0 aromatic rings. The smallest absolute Gasteiger partial charge is 0.326 e. The summed E-state index contributed by atoms with van der Waals surface area (Å²) in [5.74, 6) is -2.62. The molecule has 0 aromatic heterocycles. The average molecular weight is 300 g/mol. The van der Waals surface area contributed by atoms with Gasteiger partial charge < -0.3 is 20.8 Å². The number of amides is 1. The lowest BCUT2D eigenvalue weighted by molar-refractivity contribution is -0.143.